The van der Waals surface area contributed by atoms with E-state index in [9.17, 15) is 0 Å². The van der Waals surface area contributed by atoms with Crippen LogP contribution in [-0.2, 0) is 0 Å². The van der Waals surface area contributed by atoms with Crippen molar-refractivity contribution in [2.75, 3.05) is 0 Å². The minimum absolute atomic E-state index is 0.326. The highest BCUT2D eigenvalue weighted by atomic mass is 14.4. The summed E-state index contributed by atoms with van der Waals surface area (Å²) in [5.41, 5.74) is 0.326. The minimum atomic E-state index is 0.326. The molecule has 2 unspecified atom stereocenters. The molecule has 70 valence electrons. The molecule has 0 saturated heterocycles. The van der Waals surface area contributed by atoms with Crippen LogP contribution in [0.4, 0.5) is 0 Å². The zero-order valence-corrected chi connectivity index (χ0v) is 8.53. The highest BCUT2D eigenvalue weighted by Crippen LogP contribution is 2.46. The van der Waals surface area contributed by atoms with E-state index >= 15 is 0 Å². The number of rotatable bonds is 1. The quantitative estimate of drug-likeness (QED) is 0.531. The molecule has 0 aliphatic heterocycles. The van der Waals surface area contributed by atoms with Gasteiger partial charge in [0.2, 0.25) is 0 Å². The van der Waals surface area contributed by atoms with E-state index in [0.717, 1.165) is 5.92 Å². The van der Waals surface area contributed by atoms with Crippen LogP contribution in [0.5, 0.6) is 0 Å². The Hall–Kier alpha value is -0.780. The van der Waals surface area contributed by atoms with Crippen molar-refractivity contribution in [1.82, 2.24) is 0 Å². The third kappa shape index (κ3) is 1.29. The van der Waals surface area contributed by atoms with E-state index in [2.05, 4.69) is 50.3 Å². The monoisotopic (exact) mass is 174 g/mol. The van der Waals surface area contributed by atoms with Crippen molar-refractivity contribution in [2.24, 2.45) is 17.3 Å². The van der Waals surface area contributed by atoms with Crippen LogP contribution < -0.4 is 0 Å². The number of allylic oxidation sites excluding steroid dienone is 6. The van der Waals surface area contributed by atoms with Crippen molar-refractivity contribution < 1.29 is 0 Å². The fourth-order valence-corrected chi connectivity index (χ4v) is 2.61. The first-order valence-electron chi connectivity index (χ1n) is 5.29. The molecule has 0 heteroatoms. The molecular weight excluding hydrogens is 156 g/mol. The van der Waals surface area contributed by atoms with E-state index < -0.39 is 0 Å². The second-order valence-electron chi connectivity index (χ2n) is 4.48. The normalized spacial score (nSPS) is 36.7. The Morgan fingerprint density at radius 1 is 1.23 bits per heavy atom. The van der Waals surface area contributed by atoms with Crippen LogP contribution in [0.25, 0.3) is 0 Å². The van der Waals surface area contributed by atoms with Gasteiger partial charge in [0.1, 0.15) is 0 Å². The predicted molar refractivity (Wildman–Crippen MR) is 57.4 cm³/mol. The summed E-state index contributed by atoms with van der Waals surface area (Å²) in [7, 11) is 0. The maximum absolute atomic E-state index is 2.42. The molecule has 0 aromatic heterocycles. The molecule has 2 aliphatic carbocycles. The standard InChI is InChI=1S/C13H18/c1-11(2)13-9-5-3-7-12(13)8-4-6-10-13/h3,5-7,9-12H,4,8H2,1-2H3. The second kappa shape index (κ2) is 3.17. The Kier molecular flexibility index (Phi) is 2.15. The van der Waals surface area contributed by atoms with E-state index in [4.69, 9.17) is 0 Å². The van der Waals surface area contributed by atoms with Gasteiger partial charge in [-0.05, 0) is 24.7 Å². The van der Waals surface area contributed by atoms with Crippen molar-refractivity contribution in [3.63, 3.8) is 0 Å². The van der Waals surface area contributed by atoms with Gasteiger partial charge in [-0.15, -0.1) is 0 Å². The van der Waals surface area contributed by atoms with Crippen molar-refractivity contribution in [2.45, 2.75) is 26.7 Å². The summed E-state index contributed by atoms with van der Waals surface area (Å²) >= 11 is 0. The molecule has 2 aliphatic rings. The van der Waals surface area contributed by atoms with Gasteiger partial charge in [-0.2, -0.15) is 0 Å². The molecule has 0 saturated carbocycles. The number of hydrogen-bond donors (Lipinski definition) is 0. The van der Waals surface area contributed by atoms with Crippen LogP contribution in [-0.4, -0.2) is 0 Å². The van der Waals surface area contributed by atoms with Gasteiger partial charge in [-0.25, -0.2) is 0 Å². The summed E-state index contributed by atoms with van der Waals surface area (Å²) in [5.74, 6) is 1.44. The lowest BCUT2D eigenvalue weighted by Crippen LogP contribution is -2.34. The van der Waals surface area contributed by atoms with Crippen LogP contribution >= 0.6 is 0 Å². The fraction of sp³-hybridized carbons (Fsp3) is 0.538. The Labute approximate surface area is 81.0 Å². The molecule has 2 atom stereocenters. The molecule has 0 nitrogen and oxygen atoms in total. The SMILES string of the molecule is CC(C)C12C=CC=CC1CCC=C2. The predicted octanol–water partition coefficient (Wildman–Crippen LogP) is 3.72. The van der Waals surface area contributed by atoms with Crippen LogP contribution in [0, 0.1) is 17.3 Å². The molecule has 0 N–H and O–H groups in total. The minimum Gasteiger partial charge on any atom is -0.0876 e. The van der Waals surface area contributed by atoms with Crippen LogP contribution in [0.15, 0.2) is 36.5 Å². The Morgan fingerprint density at radius 3 is 2.77 bits per heavy atom. The molecule has 0 aromatic carbocycles. The van der Waals surface area contributed by atoms with Gasteiger partial charge in [-0.3, -0.25) is 0 Å². The lowest BCUT2D eigenvalue weighted by molar-refractivity contribution is 0.233. The third-order valence-electron chi connectivity index (χ3n) is 3.53. The van der Waals surface area contributed by atoms with E-state index in [1.165, 1.54) is 12.8 Å². The van der Waals surface area contributed by atoms with Gasteiger partial charge in [0.15, 0.2) is 0 Å². The molecule has 0 fully saturated rings. The molecule has 0 heterocycles. The first kappa shape index (κ1) is 8.80. The van der Waals surface area contributed by atoms with Crippen molar-refractivity contribution in [1.29, 1.82) is 0 Å². The highest BCUT2D eigenvalue weighted by Gasteiger charge is 2.37. The maximum Gasteiger partial charge on any atom is 0.0150 e. The molecule has 0 spiro atoms. The van der Waals surface area contributed by atoms with E-state index in [1.807, 2.05) is 0 Å². The second-order valence-corrected chi connectivity index (χ2v) is 4.48. The summed E-state index contributed by atoms with van der Waals surface area (Å²) in [6, 6.07) is 0. The molecule has 13 heavy (non-hydrogen) atoms. The average Bonchev–Trinajstić information content (AvgIpc) is 2.17. The zero-order chi connectivity index (χ0) is 9.31. The van der Waals surface area contributed by atoms with Crippen LogP contribution in [0.3, 0.4) is 0 Å². The highest BCUT2D eigenvalue weighted by molar-refractivity contribution is 5.28. The Morgan fingerprint density at radius 2 is 2.08 bits per heavy atom. The Bertz CT molecular complexity index is 268. The first-order valence-corrected chi connectivity index (χ1v) is 5.29. The third-order valence-corrected chi connectivity index (χ3v) is 3.53. The summed E-state index contributed by atoms with van der Waals surface area (Å²) in [6.07, 6.45) is 16.5. The topological polar surface area (TPSA) is 0 Å². The summed E-state index contributed by atoms with van der Waals surface area (Å²) < 4.78 is 0. The van der Waals surface area contributed by atoms with Crippen molar-refractivity contribution in [3.05, 3.63) is 36.5 Å². The van der Waals surface area contributed by atoms with Gasteiger partial charge in [0.05, 0.1) is 0 Å². The van der Waals surface area contributed by atoms with Gasteiger partial charge in [0.25, 0.3) is 0 Å². The summed E-state index contributed by atoms with van der Waals surface area (Å²) in [6.45, 7) is 4.65. The fourth-order valence-electron chi connectivity index (χ4n) is 2.61. The molecular formula is C13H18. The largest absolute Gasteiger partial charge is 0.0876 e. The van der Waals surface area contributed by atoms with Crippen molar-refractivity contribution in [3.8, 4) is 0 Å². The smallest absolute Gasteiger partial charge is 0.0150 e. The summed E-state index contributed by atoms with van der Waals surface area (Å²) in [4.78, 5) is 0. The molecule has 0 amide bonds. The molecule has 2 rings (SSSR count). The van der Waals surface area contributed by atoms with Crippen molar-refractivity contribution >= 4 is 0 Å². The van der Waals surface area contributed by atoms with Gasteiger partial charge in [0, 0.05) is 5.41 Å². The lowest BCUT2D eigenvalue weighted by Gasteiger charge is -2.42. The molecule has 0 aromatic rings. The molecule has 0 bridgehead atoms. The van der Waals surface area contributed by atoms with Crippen LogP contribution in [0.1, 0.15) is 26.7 Å². The lowest BCUT2D eigenvalue weighted by atomic mass is 9.62. The average molecular weight is 174 g/mol. The zero-order valence-electron chi connectivity index (χ0n) is 8.53. The van der Waals surface area contributed by atoms with Gasteiger partial charge in [-0.1, -0.05) is 50.3 Å². The number of fused-ring (bicyclic) bond motifs is 1. The first-order chi connectivity index (χ1) is 6.26. The van der Waals surface area contributed by atoms with Gasteiger partial charge < -0.3 is 0 Å². The van der Waals surface area contributed by atoms with E-state index in [1.54, 1.807) is 0 Å². The van der Waals surface area contributed by atoms with E-state index in [-0.39, 0.29) is 0 Å². The van der Waals surface area contributed by atoms with Crippen LogP contribution in [0.2, 0.25) is 0 Å². The number of hydrogen-bond acceptors (Lipinski definition) is 0. The van der Waals surface area contributed by atoms with E-state index in [0.29, 0.717) is 11.3 Å². The Balaban J connectivity index is 2.39. The summed E-state index contributed by atoms with van der Waals surface area (Å²) in [5, 5.41) is 0. The maximum atomic E-state index is 2.42. The van der Waals surface area contributed by atoms with Gasteiger partial charge >= 0.3 is 0 Å². The molecule has 0 radical (unpaired) electrons.